The molecule has 1 aliphatic rings. The lowest BCUT2D eigenvalue weighted by Crippen LogP contribution is -2.50. The van der Waals surface area contributed by atoms with Crippen LogP contribution in [0.4, 0.5) is 0 Å². The van der Waals surface area contributed by atoms with Crippen molar-refractivity contribution in [3.8, 4) is 0 Å². The lowest BCUT2D eigenvalue weighted by atomic mass is 9.97. The van der Waals surface area contributed by atoms with Crippen molar-refractivity contribution in [2.75, 3.05) is 26.9 Å². The second-order valence-corrected chi connectivity index (χ2v) is 5.43. The highest BCUT2D eigenvalue weighted by Gasteiger charge is 2.42. The van der Waals surface area contributed by atoms with Crippen molar-refractivity contribution in [1.82, 2.24) is 0 Å². The number of nitrogens with two attached hydrogens (primary N) is 1. The molecule has 0 bridgehead atoms. The van der Waals surface area contributed by atoms with Gasteiger partial charge in [0.15, 0.2) is 0 Å². The van der Waals surface area contributed by atoms with Gasteiger partial charge >= 0.3 is 0 Å². The highest BCUT2D eigenvalue weighted by atomic mass is 16.5. The van der Waals surface area contributed by atoms with E-state index in [0.717, 1.165) is 19.3 Å². The number of methoxy groups -OCH3 is 1. The van der Waals surface area contributed by atoms with Gasteiger partial charge in [-0.1, -0.05) is 0 Å². The van der Waals surface area contributed by atoms with Crippen LogP contribution in [-0.2, 0) is 9.47 Å². The summed E-state index contributed by atoms with van der Waals surface area (Å²) in [6.45, 7) is 5.11. The Bertz CT molecular complexity index is 216. The van der Waals surface area contributed by atoms with E-state index in [4.69, 9.17) is 15.2 Å². The van der Waals surface area contributed by atoms with Gasteiger partial charge in [0.05, 0.1) is 24.4 Å². The third kappa shape index (κ3) is 4.01. The molecule has 1 unspecified atom stereocenters. The number of hydrogen-bond acceptors (Lipinski definition) is 4. The SMILES string of the molecule is COC(C)(C)CCOCC(N)(CO)C1CC1. The van der Waals surface area contributed by atoms with Gasteiger partial charge < -0.3 is 20.3 Å². The van der Waals surface area contributed by atoms with Crippen LogP contribution < -0.4 is 5.73 Å². The number of hydrogen-bond donors (Lipinski definition) is 2. The molecule has 1 atom stereocenters. The molecular weight excluding hydrogens is 206 g/mol. The van der Waals surface area contributed by atoms with E-state index in [9.17, 15) is 5.11 Å². The highest BCUT2D eigenvalue weighted by Crippen LogP contribution is 2.38. The number of ether oxygens (including phenoxy) is 2. The maximum absolute atomic E-state index is 9.27. The molecule has 4 nitrogen and oxygen atoms in total. The fourth-order valence-electron chi connectivity index (χ4n) is 1.63. The average molecular weight is 231 g/mol. The largest absolute Gasteiger partial charge is 0.394 e. The van der Waals surface area contributed by atoms with Crippen molar-refractivity contribution in [2.45, 2.75) is 44.2 Å². The van der Waals surface area contributed by atoms with Crippen molar-refractivity contribution in [3.63, 3.8) is 0 Å². The van der Waals surface area contributed by atoms with E-state index in [-0.39, 0.29) is 12.2 Å². The van der Waals surface area contributed by atoms with Gasteiger partial charge in [0, 0.05) is 13.7 Å². The molecule has 0 heterocycles. The number of rotatable bonds is 8. The van der Waals surface area contributed by atoms with Crippen LogP contribution in [0, 0.1) is 5.92 Å². The zero-order valence-corrected chi connectivity index (χ0v) is 10.7. The summed E-state index contributed by atoms with van der Waals surface area (Å²) in [5.41, 5.74) is 5.39. The summed E-state index contributed by atoms with van der Waals surface area (Å²) < 4.78 is 10.9. The third-order valence-electron chi connectivity index (χ3n) is 3.46. The predicted molar refractivity (Wildman–Crippen MR) is 63.3 cm³/mol. The van der Waals surface area contributed by atoms with Gasteiger partial charge in [-0.25, -0.2) is 0 Å². The van der Waals surface area contributed by atoms with Gasteiger partial charge in [0.25, 0.3) is 0 Å². The van der Waals surface area contributed by atoms with Crippen molar-refractivity contribution in [3.05, 3.63) is 0 Å². The van der Waals surface area contributed by atoms with Gasteiger partial charge in [-0.05, 0) is 39.0 Å². The minimum absolute atomic E-state index is 0.00529. The summed E-state index contributed by atoms with van der Waals surface area (Å²) in [6.07, 6.45) is 3.06. The molecule has 1 saturated carbocycles. The van der Waals surface area contributed by atoms with E-state index >= 15 is 0 Å². The van der Waals surface area contributed by atoms with Crippen molar-refractivity contribution in [2.24, 2.45) is 11.7 Å². The Morgan fingerprint density at radius 1 is 1.38 bits per heavy atom. The van der Waals surface area contributed by atoms with E-state index in [1.54, 1.807) is 7.11 Å². The monoisotopic (exact) mass is 231 g/mol. The summed E-state index contributed by atoms with van der Waals surface area (Å²) in [4.78, 5) is 0. The van der Waals surface area contributed by atoms with Gasteiger partial charge in [-0.3, -0.25) is 0 Å². The van der Waals surface area contributed by atoms with E-state index < -0.39 is 5.54 Å². The molecule has 0 aliphatic heterocycles. The average Bonchev–Trinajstić information content (AvgIpc) is 3.08. The zero-order valence-electron chi connectivity index (χ0n) is 10.7. The molecule has 1 fully saturated rings. The molecule has 0 aromatic carbocycles. The molecule has 3 N–H and O–H groups in total. The highest BCUT2D eigenvalue weighted by molar-refractivity contribution is 4.98. The zero-order chi connectivity index (χ0) is 12.2. The molecular formula is C12H25NO3. The molecule has 0 saturated heterocycles. The first-order valence-electron chi connectivity index (χ1n) is 5.96. The summed E-state index contributed by atoms with van der Waals surface area (Å²) >= 11 is 0. The predicted octanol–water partition coefficient (Wildman–Crippen LogP) is 0.918. The number of aliphatic hydroxyl groups is 1. The van der Waals surface area contributed by atoms with Crippen LogP contribution >= 0.6 is 0 Å². The Morgan fingerprint density at radius 2 is 2.00 bits per heavy atom. The minimum Gasteiger partial charge on any atom is -0.394 e. The Morgan fingerprint density at radius 3 is 2.44 bits per heavy atom. The first-order valence-corrected chi connectivity index (χ1v) is 5.96. The molecule has 0 aromatic heterocycles. The van der Waals surface area contributed by atoms with E-state index in [2.05, 4.69) is 0 Å². The standard InChI is InChI=1S/C12H25NO3/c1-11(2,15-3)6-7-16-9-12(13,8-14)10-4-5-10/h10,14H,4-9,13H2,1-3H3. The van der Waals surface area contributed by atoms with Gasteiger partial charge in [-0.2, -0.15) is 0 Å². The van der Waals surface area contributed by atoms with Crippen LogP contribution in [0.3, 0.4) is 0 Å². The molecule has 0 amide bonds. The molecule has 1 rings (SSSR count). The van der Waals surface area contributed by atoms with Crippen LogP contribution in [-0.4, -0.2) is 43.2 Å². The third-order valence-corrected chi connectivity index (χ3v) is 3.46. The Hall–Kier alpha value is -0.160. The van der Waals surface area contributed by atoms with Gasteiger partial charge in [0.2, 0.25) is 0 Å². The topological polar surface area (TPSA) is 64.7 Å². The van der Waals surface area contributed by atoms with Crippen LogP contribution in [0.15, 0.2) is 0 Å². The van der Waals surface area contributed by atoms with Crippen LogP contribution in [0.5, 0.6) is 0 Å². The Balaban J connectivity index is 2.19. The molecule has 0 radical (unpaired) electrons. The summed E-state index contributed by atoms with van der Waals surface area (Å²) in [7, 11) is 1.70. The van der Waals surface area contributed by atoms with Crippen LogP contribution in [0.2, 0.25) is 0 Å². The normalized spacial score (nSPS) is 20.8. The lowest BCUT2D eigenvalue weighted by Gasteiger charge is -2.28. The second kappa shape index (κ2) is 5.45. The van der Waals surface area contributed by atoms with E-state index in [1.807, 2.05) is 13.8 Å². The summed E-state index contributed by atoms with van der Waals surface area (Å²) in [5.74, 6) is 0.438. The second-order valence-electron chi connectivity index (χ2n) is 5.43. The van der Waals surface area contributed by atoms with Gasteiger partial charge in [0.1, 0.15) is 0 Å². The quantitative estimate of drug-likeness (QED) is 0.610. The smallest absolute Gasteiger partial charge is 0.0671 e. The minimum atomic E-state index is -0.531. The number of aliphatic hydroxyl groups excluding tert-OH is 1. The Kier molecular flexibility index (Phi) is 4.73. The fraction of sp³-hybridized carbons (Fsp3) is 1.00. The first kappa shape index (κ1) is 13.9. The van der Waals surface area contributed by atoms with E-state index in [0.29, 0.717) is 19.1 Å². The summed E-state index contributed by atoms with van der Waals surface area (Å²) in [5, 5.41) is 9.27. The van der Waals surface area contributed by atoms with Gasteiger partial charge in [-0.15, -0.1) is 0 Å². The maximum atomic E-state index is 9.27. The van der Waals surface area contributed by atoms with E-state index in [1.165, 1.54) is 0 Å². The molecule has 0 aromatic rings. The van der Waals surface area contributed by atoms with Crippen molar-refractivity contribution in [1.29, 1.82) is 0 Å². The van der Waals surface area contributed by atoms with Crippen molar-refractivity contribution >= 4 is 0 Å². The molecule has 1 aliphatic carbocycles. The van der Waals surface area contributed by atoms with Crippen molar-refractivity contribution < 1.29 is 14.6 Å². The lowest BCUT2D eigenvalue weighted by molar-refractivity contribution is -0.0225. The first-order chi connectivity index (χ1) is 7.43. The molecule has 16 heavy (non-hydrogen) atoms. The summed E-state index contributed by atoms with van der Waals surface area (Å²) in [6, 6.07) is 0. The van der Waals surface area contributed by atoms with Crippen LogP contribution in [0.1, 0.15) is 33.1 Å². The Labute approximate surface area is 98.1 Å². The molecule has 0 spiro atoms. The fourth-order valence-corrected chi connectivity index (χ4v) is 1.63. The molecule has 4 heteroatoms. The van der Waals surface area contributed by atoms with Crippen LogP contribution in [0.25, 0.3) is 0 Å². The maximum Gasteiger partial charge on any atom is 0.0671 e. The molecule has 96 valence electrons.